The molecule has 1 saturated heterocycles. The molecule has 1 aliphatic heterocycles. The minimum absolute atomic E-state index is 0.0222. The summed E-state index contributed by atoms with van der Waals surface area (Å²) in [6.45, 7) is 6.30. The standard InChI is InChI=1S/C15H27N3O2/c1-10(2)20-14-7-13(8-14)18-6-5-12(9-18)17-15(19)16-11-3-4-11/h10-14H,3-9H2,1-2H3,(H2,16,17,19). The highest BCUT2D eigenvalue weighted by Crippen LogP contribution is 2.31. The molecule has 0 bridgehead atoms. The van der Waals surface area contributed by atoms with Gasteiger partial charge in [0.1, 0.15) is 0 Å². The lowest BCUT2D eigenvalue weighted by atomic mass is 9.88. The molecule has 3 aliphatic rings. The van der Waals surface area contributed by atoms with Crippen molar-refractivity contribution in [2.24, 2.45) is 0 Å². The van der Waals surface area contributed by atoms with Gasteiger partial charge in [-0.3, -0.25) is 4.90 Å². The number of nitrogens with zero attached hydrogens (tertiary/aromatic N) is 1. The van der Waals surface area contributed by atoms with Crippen molar-refractivity contribution < 1.29 is 9.53 Å². The highest BCUT2D eigenvalue weighted by atomic mass is 16.5. The van der Waals surface area contributed by atoms with Crippen molar-refractivity contribution >= 4 is 6.03 Å². The molecule has 2 N–H and O–H groups in total. The zero-order valence-corrected chi connectivity index (χ0v) is 12.6. The normalized spacial score (nSPS) is 34.0. The third kappa shape index (κ3) is 3.64. The Hall–Kier alpha value is -0.810. The number of urea groups is 1. The van der Waals surface area contributed by atoms with Crippen molar-refractivity contribution in [1.29, 1.82) is 0 Å². The number of hydrogen-bond acceptors (Lipinski definition) is 3. The molecule has 0 radical (unpaired) electrons. The Balaban J connectivity index is 1.34. The molecule has 2 saturated carbocycles. The van der Waals surface area contributed by atoms with Crippen LogP contribution in [0.3, 0.4) is 0 Å². The van der Waals surface area contributed by atoms with Gasteiger partial charge in [0.2, 0.25) is 0 Å². The smallest absolute Gasteiger partial charge is 0.315 e. The lowest BCUT2D eigenvalue weighted by Crippen LogP contribution is -2.49. The molecule has 0 aromatic carbocycles. The van der Waals surface area contributed by atoms with E-state index in [0.717, 1.165) is 45.2 Å². The molecule has 0 aromatic rings. The van der Waals surface area contributed by atoms with Crippen molar-refractivity contribution in [3.8, 4) is 0 Å². The number of carbonyl (C=O) groups excluding carboxylic acids is 1. The largest absolute Gasteiger partial charge is 0.375 e. The maximum absolute atomic E-state index is 11.7. The van der Waals surface area contributed by atoms with Gasteiger partial charge in [-0.2, -0.15) is 0 Å². The first-order chi connectivity index (χ1) is 9.60. The van der Waals surface area contributed by atoms with Crippen molar-refractivity contribution in [2.75, 3.05) is 13.1 Å². The van der Waals surface area contributed by atoms with Gasteiger partial charge in [-0.05, 0) is 46.0 Å². The molecule has 0 aromatic heterocycles. The first-order valence-corrected chi connectivity index (χ1v) is 8.06. The molecule has 3 fully saturated rings. The summed E-state index contributed by atoms with van der Waals surface area (Å²) in [6.07, 6.45) is 6.45. The Morgan fingerprint density at radius 1 is 1.15 bits per heavy atom. The molecular formula is C15H27N3O2. The maximum Gasteiger partial charge on any atom is 0.315 e. The minimum Gasteiger partial charge on any atom is -0.375 e. The molecule has 114 valence electrons. The van der Waals surface area contributed by atoms with Crippen LogP contribution in [0, 0.1) is 0 Å². The Morgan fingerprint density at radius 2 is 1.85 bits per heavy atom. The number of likely N-dealkylation sites (tertiary alicyclic amines) is 1. The Labute approximate surface area is 121 Å². The van der Waals surface area contributed by atoms with Gasteiger partial charge < -0.3 is 15.4 Å². The number of ether oxygens (including phenoxy) is 1. The van der Waals surface area contributed by atoms with Gasteiger partial charge in [0.25, 0.3) is 0 Å². The topological polar surface area (TPSA) is 53.6 Å². The summed E-state index contributed by atoms with van der Waals surface area (Å²) >= 11 is 0. The van der Waals surface area contributed by atoms with Crippen molar-refractivity contribution in [1.82, 2.24) is 15.5 Å². The maximum atomic E-state index is 11.7. The van der Waals surface area contributed by atoms with Crippen LogP contribution in [-0.4, -0.2) is 54.4 Å². The first kappa shape index (κ1) is 14.1. The van der Waals surface area contributed by atoms with Gasteiger partial charge in [0, 0.05) is 31.2 Å². The average Bonchev–Trinajstić information content (AvgIpc) is 3.01. The average molecular weight is 281 g/mol. The van der Waals surface area contributed by atoms with Crippen LogP contribution in [0.4, 0.5) is 4.79 Å². The second kappa shape index (κ2) is 5.90. The quantitative estimate of drug-likeness (QED) is 0.802. The van der Waals surface area contributed by atoms with Gasteiger partial charge in [-0.15, -0.1) is 0 Å². The Morgan fingerprint density at radius 3 is 2.50 bits per heavy atom. The minimum atomic E-state index is 0.0222. The summed E-state index contributed by atoms with van der Waals surface area (Å²) < 4.78 is 5.81. The van der Waals surface area contributed by atoms with Crippen LogP contribution >= 0.6 is 0 Å². The predicted octanol–water partition coefficient (Wildman–Crippen LogP) is 1.48. The number of rotatable bonds is 5. The lowest BCUT2D eigenvalue weighted by molar-refractivity contribution is -0.0729. The first-order valence-electron chi connectivity index (χ1n) is 8.06. The molecule has 5 nitrogen and oxygen atoms in total. The number of hydrogen-bond donors (Lipinski definition) is 2. The summed E-state index contributed by atoms with van der Waals surface area (Å²) in [5, 5.41) is 6.10. The molecular weight excluding hydrogens is 254 g/mol. The van der Waals surface area contributed by atoms with E-state index in [1.165, 1.54) is 0 Å². The zero-order chi connectivity index (χ0) is 14.1. The van der Waals surface area contributed by atoms with Crippen LogP contribution in [0.2, 0.25) is 0 Å². The summed E-state index contributed by atoms with van der Waals surface area (Å²) in [6, 6.07) is 1.44. The van der Waals surface area contributed by atoms with Crippen LogP contribution in [0.15, 0.2) is 0 Å². The fourth-order valence-corrected chi connectivity index (χ4v) is 3.21. The van der Waals surface area contributed by atoms with Crippen LogP contribution < -0.4 is 10.6 Å². The molecule has 5 heteroatoms. The van der Waals surface area contributed by atoms with E-state index in [1.807, 2.05) is 0 Å². The van der Waals surface area contributed by atoms with Crippen molar-refractivity contribution in [2.45, 2.75) is 76.3 Å². The van der Waals surface area contributed by atoms with Crippen LogP contribution in [0.25, 0.3) is 0 Å². The Bertz CT molecular complexity index is 351. The van der Waals surface area contributed by atoms with Gasteiger partial charge in [-0.1, -0.05) is 0 Å². The van der Waals surface area contributed by atoms with E-state index < -0.39 is 0 Å². The Kier molecular flexibility index (Phi) is 4.17. The fraction of sp³-hybridized carbons (Fsp3) is 0.933. The molecule has 1 heterocycles. The van der Waals surface area contributed by atoms with E-state index >= 15 is 0 Å². The summed E-state index contributed by atoms with van der Waals surface area (Å²) in [5.74, 6) is 0. The van der Waals surface area contributed by atoms with Gasteiger partial charge in [0.05, 0.1) is 12.2 Å². The third-order valence-corrected chi connectivity index (χ3v) is 4.52. The van der Waals surface area contributed by atoms with Crippen molar-refractivity contribution in [3.05, 3.63) is 0 Å². The molecule has 0 spiro atoms. The molecule has 2 aliphatic carbocycles. The summed E-state index contributed by atoms with van der Waals surface area (Å²) in [4.78, 5) is 14.2. The summed E-state index contributed by atoms with van der Waals surface area (Å²) in [5.41, 5.74) is 0. The van der Waals surface area contributed by atoms with E-state index in [2.05, 4.69) is 29.4 Å². The second-order valence-electron chi connectivity index (χ2n) is 6.80. The SMILES string of the molecule is CC(C)OC1CC(N2CCC(NC(=O)NC3CC3)C2)C1. The lowest BCUT2D eigenvalue weighted by Gasteiger charge is -2.41. The van der Waals surface area contributed by atoms with Gasteiger partial charge in [0.15, 0.2) is 0 Å². The predicted molar refractivity (Wildman–Crippen MR) is 77.7 cm³/mol. The van der Waals surface area contributed by atoms with E-state index in [0.29, 0.717) is 30.3 Å². The van der Waals surface area contributed by atoms with Crippen LogP contribution in [-0.2, 0) is 4.74 Å². The number of carbonyl (C=O) groups is 1. The van der Waals surface area contributed by atoms with Crippen LogP contribution in [0.5, 0.6) is 0 Å². The third-order valence-electron chi connectivity index (χ3n) is 4.52. The fourth-order valence-electron chi connectivity index (χ4n) is 3.21. The van der Waals surface area contributed by atoms with E-state index in [-0.39, 0.29) is 6.03 Å². The zero-order valence-electron chi connectivity index (χ0n) is 12.6. The number of nitrogens with one attached hydrogen (secondary N) is 2. The van der Waals surface area contributed by atoms with E-state index in [9.17, 15) is 4.79 Å². The van der Waals surface area contributed by atoms with E-state index in [1.54, 1.807) is 0 Å². The highest BCUT2D eigenvalue weighted by Gasteiger charge is 2.38. The molecule has 2 amide bonds. The van der Waals surface area contributed by atoms with Crippen molar-refractivity contribution in [3.63, 3.8) is 0 Å². The molecule has 1 unspecified atom stereocenters. The summed E-state index contributed by atoms with van der Waals surface area (Å²) in [7, 11) is 0. The second-order valence-corrected chi connectivity index (χ2v) is 6.80. The van der Waals surface area contributed by atoms with Gasteiger partial charge in [-0.25, -0.2) is 4.79 Å². The highest BCUT2D eigenvalue weighted by molar-refractivity contribution is 5.74. The van der Waals surface area contributed by atoms with E-state index in [4.69, 9.17) is 4.74 Å². The molecule has 1 atom stereocenters. The molecule has 3 rings (SSSR count). The van der Waals surface area contributed by atoms with Gasteiger partial charge >= 0.3 is 6.03 Å². The van der Waals surface area contributed by atoms with Crippen LogP contribution in [0.1, 0.15) is 46.0 Å². The monoisotopic (exact) mass is 281 g/mol. The number of amides is 2. The molecule has 20 heavy (non-hydrogen) atoms.